The number of benzene rings is 1. The van der Waals surface area contributed by atoms with Crippen LogP contribution in [0.3, 0.4) is 0 Å². The molecule has 1 aromatic carbocycles. The number of nitrogens with one attached hydrogen (secondary N) is 1. The fraction of sp³-hybridized carbons (Fsp3) is 0.294. The summed E-state index contributed by atoms with van der Waals surface area (Å²) in [6.07, 6.45) is 4.11. The van der Waals surface area contributed by atoms with Gasteiger partial charge in [0.25, 0.3) is 0 Å². The smallest absolute Gasteiger partial charge is 0.410 e. The second-order valence-electron chi connectivity index (χ2n) is 5.71. The molecule has 2 heterocycles. The van der Waals surface area contributed by atoms with Crippen molar-refractivity contribution < 1.29 is 9.53 Å². The molecule has 0 unspecified atom stereocenters. The maximum absolute atomic E-state index is 11.7. The molecule has 3 rings (SSSR count). The summed E-state index contributed by atoms with van der Waals surface area (Å²) < 4.78 is 5.34. The number of carbonyl (C=O) groups is 1. The fourth-order valence-electron chi connectivity index (χ4n) is 2.49. The Bertz CT molecular complexity index is 688. The van der Waals surface area contributed by atoms with Crippen LogP contribution in [0.15, 0.2) is 42.7 Å². The van der Waals surface area contributed by atoms with Crippen LogP contribution in [-0.2, 0) is 13.0 Å². The number of anilines is 1. The van der Waals surface area contributed by atoms with Crippen LogP contribution in [0.5, 0.6) is 5.75 Å². The van der Waals surface area contributed by atoms with Gasteiger partial charge in [0.1, 0.15) is 5.75 Å². The summed E-state index contributed by atoms with van der Waals surface area (Å²) in [5.41, 5.74) is 6.85. The molecule has 1 aliphatic rings. The number of carbonyl (C=O) groups excluding carboxylic acids is 1. The van der Waals surface area contributed by atoms with Crippen LogP contribution >= 0.6 is 0 Å². The van der Waals surface area contributed by atoms with Gasteiger partial charge in [0.2, 0.25) is 0 Å². The van der Waals surface area contributed by atoms with Crippen LogP contribution in [0.25, 0.3) is 0 Å². The second kappa shape index (κ2) is 6.66. The molecule has 1 amide bonds. The van der Waals surface area contributed by atoms with E-state index in [0.29, 0.717) is 5.75 Å². The highest BCUT2D eigenvalue weighted by Crippen LogP contribution is 2.24. The first-order chi connectivity index (χ1) is 11.1. The molecule has 0 radical (unpaired) electrons. The molecule has 0 saturated heterocycles. The zero-order valence-corrected chi connectivity index (χ0v) is 13.3. The highest BCUT2D eigenvalue weighted by Gasteiger charge is 2.17. The Balaban J connectivity index is 1.70. The minimum absolute atomic E-state index is 0.368. The van der Waals surface area contributed by atoms with Gasteiger partial charge < -0.3 is 15.1 Å². The molecule has 1 aromatic heterocycles. The van der Waals surface area contributed by atoms with E-state index in [2.05, 4.69) is 15.4 Å². The van der Waals surface area contributed by atoms with Crippen LogP contribution in [0.1, 0.15) is 11.1 Å². The lowest BCUT2D eigenvalue weighted by molar-refractivity contribution is 0.171. The molecule has 0 saturated carbocycles. The number of hydrogen-bond donors (Lipinski definition) is 1. The number of fused-ring (bicyclic) bond motifs is 1. The van der Waals surface area contributed by atoms with Crippen molar-refractivity contribution in [2.45, 2.75) is 13.0 Å². The van der Waals surface area contributed by atoms with E-state index >= 15 is 0 Å². The van der Waals surface area contributed by atoms with Crippen LogP contribution in [0, 0.1) is 0 Å². The maximum Gasteiger partial charge on any atom is 0.414 e. The van der Waals surface area contributed by atoms with E-state index in [4.69, 9.17) is 4.74 Å². The van der Waals surface area contributed by atoms with Gasteiger partial charge in [0.05, 0.1) is 5.69 Å². The van der Waals surface area contributed by atoms with E-state index in [9.17, 15) is 4.79 Å². The van der Waals surface area contributed by atoms with E-state index in [-0.39, 0.29) is 6.09 Å². The lowest BCUT2D eigenvalue weighted by atomic mass is 10.0. The first-order valence-corrected chi connectivity index (χ1v) is 7.54. The Morgan fingerprint density at radius 1 is 1.22 bits per heavy atom. The Morgan fingerprint density at radius 3 is 2.74 bits per heavy atom. The van der Waals surface area contributed by atoms with Gasteiger partial charge in [-0.1, -0.05) is 6.07 Å². The highest BCUT2D eigenvalue weighted by molar-refractivity contribution is 5.70. The van der Waals surface area contributed by atoms with Crippen molar-refractivity contribution in [2.24, 2.45) is 0 Å². The minimum atomic E-state index is -0.368. The average Bonchev–Trinajstić information content (AvgIpc) is 2.55. The van der Waals surface area contributed by atoms with Crippen molar-refractivity contribution in [3.63, 3.8) is 0 Å². The SMILES string of the molecule is CN(C)C(=O)Oc1ccc2c(c1)CN(Nc1ccncc1)CC2. The largest absolute Gasteiger partial charge is 0.414 e. The highest BCUT2D eigenvalue weighted by atomic mass is 16.6. The van der Waals surface area contributed by atoms with Gasteiger partial charge >= 0.3 is 6.09 Å². The molecule has 23 heavy (non-hydrogen) atoms. The van der Waals surface area contributed by atoms with Crippen LogP contribution in [0.2, 0.25) is 0 Å². The zero-order chi connectivity index (χ0) is 16.2. The van der Waals surface area contributed by atoms with Crippen LogP contribution < -0.4 is 10.2 Å². The molecular formula is C17H20N4O2. The molecule has 2 aromatic rings. The van der Waals surface area contributed by atoms with Crippen LogP contribution in [-0.4, -0.2) is 41.6 Å². The molecule has 0 atom stereocenters. The first-order valence-electron chi connectivity index (χ1n) is 7.54. The topological polar surface area (TPSA) is 57.7 Å². The number of pyridine rings is 1. The summed E-state index contributed by atoms with van der Waals surface area (Å²) in [7, 11) is 3.34. The number of aromatic nitrogens is 1. The lowest BCUT2D eigenvalue weighted by Gasteiger charge is -2.30. The Labute approximate surface area is 135 Å². The number of rotatable bonds is 3. The third kappa shape index (κ3) is 3.78. The third-order valence-electron chi connectivity index (χ3n) is 3.73. The molecule has 0 bridgehead atoms. The van der Waals surface area contributed by atoms with Crippen molar-refractivity contribution in [2.75, 3.05) is 26.1 Å². The van der Waals surface area contributed by atoms with Gasteiger partial charge in [-0.3, -0.25) is 4.98 Å². The van der Waals surface area contributed by atoms with E-state index in [1.807, 2.05) is 30.3 Å². The second-order valence-corrected chi connectivity index (χ2v) is 5.71. The monoisotopic (exact) mass is 312 g/mol. The molecule has 6 nitrogen and oxygen atoms in total. The Hall–Kier alpha value is -2.60. The first kappa shape index (κ1) is 15.3. The molecule has 1 N–H and O–H groups in total. The predicted octanol–water partition coefficient (Wildman–Crippen LogP) is 2.53. The molecule has 0 fully saturated rings. The Kier molecular flexibility index (Phi) is 4.43. The maximum atomic E-state index is 11.7. The van der Waals surface area contributed by atoms with Gasteiger partial charge in [0.15, 0.2) is 0 Å². The summed E-state index contributed by atoms with van der Waals surface area (Å²) in [4.78, 5) is 17.1. The van der Waals surface area contributed by atoms with Crippen molar-refractivity contribution in [1.29, 1.82) is 0 Å². The van der Waals surface area contributed by atoms with Crippen molar-refractivity contribution >= 4 is 11.8 Å². The van der Waals surface area contributed by atoms with E-state index in [1.54, 1.807) is 26.5 Å². The van der Waals surface area contributed by atoms with E-state index in [0.717, 1.165) is 25.2 Å². The van der Waals surface area contributed by atoms with Gasteiger partial charge in [0, 0.05) is 39.6 Å². The quantitative estimate of drug-likeness (QED) is 0.944. The number of hydrogen-bond acceptors (Lipinski definition) is 5. The van der Waals surface area contributed by atoms with E-state index < -0.39 is 0 Å². The standard InChI is InChI=1S/C17H20N4O2/c1-20(2)17(22)23-16-4-3-13-7-10-21(12-14(13)11-16)19-15-5-8-18-9-6-15/h3-6,8-9,11H,7,10,12H2,1-2H3,(H,18,19). The van der Waals surface area contributed by atoms with Crippen LogP contribution in [0.4, 0.5) is 10.5 Å². The summed E-state index contributed by atoms with van der Waals surface area (Å²) in [6, 6.07) is 9.70. The van der Waals surface area contributed by atoms with Crippen molar-refractivity contribution in [1.82, 2.24) is 14.9 Å². The zero-order valence-electron chi connectivity index (χ0n) is 13.3. The number of hydrazine groups is 1. The molecule has 6 heteroatoms. The van der Waals surface area contributed by atoms with Crippen molar-refractivity contribution in [3.8, 4) is 5.75 Å². The predicted molar refractivity (Wildman–Crippen MR) is 88.1 cm³/mol. The molecule has 1 aliphatic heterocycles. The fourth-order valence-corrected chi connectivity index (χ4v) is 2.49. The summed E-state index contributed by atoms with van der Waals surface area (Å²) >= 11 is 0. The lowest BCUT2D eigenvalue weighted by Crippen LogP contribution is -2.35. The van der Waals surface area contributed by atoms with Gasteiger partial charge in [-0.05, 0) is 41.8 Å². The normalized spacial score (nSPS) is 14.0. The average molecular weight is 312 g/mol. The van der Waals surface area contributed by atoms with Gasteiger partial charge in [-0.15, -0.1) is 0 Å². The summed E-state index contributed by atoms with van der Waals surface area (Å²) in [6.45, 7) is 1.68. The number of ether oxygens (including phenoxy) is 1. The molecule has 120 valence electrons. The summed E-state index contributed by atoms with van der Waals surface area (Å²) in [5, 5.41) is 2.15. The Morgan fingerprint density at radius 2 is 2.00 bits per heavy atom. The van der Waals surface area contributed by atoms with Gasteiger partial charge in [-0.2, -0.15) is 0 Å². The molecular weight excluding hydrogens is 292 g/mol. The van der Waals surface area contributed by atoms with E-state index in [1.165, 1.54) is 16.0 Å². The number of amides is 1. The number of nitrogens with zero attached hydrogens (tertiary/aromatic N) is 3. The van der Waals surface area contributed by atoms with Crippen molar-refractivity contribution in [3.05, 3.63) is 53.9 Å². The van der Waals surface area contributed by atoms with Gasteiger partial charge in [-0.25, -0.2) is 9.80 Å². The molecule has 0 aliphatic carbocycles. The molecule has 0 spiro atoms. The summed E-state index contributed by atoms with van der Waals surface area (Å²) in [5.74, 6) is 0.577. The minimum Gasteiger partial charge on any atom is -0.410 e. The third-order valence-corrected chi connectivity index (χ3v) is 3.73.